The average Bonchev–Trinajstić information content (AvgIpc) is 3.56. The van der Waals surface area contributed by atoms with Gasteiger partial charge in [0.15, 0.2) is 5.78 Å². The molecule has 4 aromatic rings. The third kappa shape index (κ3) is 10.4. The van der Waals surface area contributed by atoms with Crippen LogP contribution in [0, 0.1) is 0 Å². The Labute approximate surface area is 264 Å². The number of esters is 1. The second-order valence-corrected chi connectivity index (χ2v) is 10.1. The molecule has 2 amide bonds. The molecule has 45 heavy (non-hydrogen) atoms. The molecule has 0 aliphatic heterocycles. The van der Waals surface area contributed by atoms with Gasteiger partial charge >= 0.3 is 12.1 Å². The molecule has 1 atom stereocenters. The maximum absolute atomic E-state index is 13.5. The summed E-state index contributed by atoms with van der Waals surface area (Å²) in [6.07, 6.45) is 3.92. The fourth-order valence-corrected chi connectivity index (χ4v) is 4.44. The van der Waals surface area contributed by atoms with E-state index in [-0.39, 0.29) is 31.8 Å². The van der Waals surface area contributed by atoms with Crippen molar-refractivity contribution in [1.82, 2.24) is 25.5 Å². The molecule has 0 saturated heterocycles. The number of benzene rings is 3. The van der Waals surface area contributed by atoms with Gasteiger partial charge in [0, 0.05) is 28.8 Å². The monoisotopic (exact) mass is 630 g/mol. The normalized spacial score (nSPS) is 11.5. The van der Waals surface area contributed by atoms with E-state index in [4.69, 9.17) is 21.1 Å². The second kappa shape index (κ2) is 16.5. The van der Waals surface area contributed by atoms with Crippen molar-refractivity contribution in [3.8, 4) is 5.69 Å². The number of carbonyl (C=O) groups excluding carboxylic acids is 4. The minimum atomic E-state index is -0.810. The van der Waals surface area contributed by atoms with Crippen molar-refractivity contribution in [2.45, 2.75) is 32.2 Å². The van der Waals surface area contributed by atoms with Crippen molar-refractivity contribution >= 4 is 47.1 Å². The number of amides is 2. The third-order valence-electron chi connectivity index (χ3n) is 6.41. The quantitative estimate of drug-likeness (QED) is 0.153. The number of hydrogen-bond donors (Lipinski definition) is 2. The average molecular weight is 631 g/mol. The number of aromatic nitrogens is 4. The Balaban J connectivity index is 1.39. The fourth-order valence-electron chi connectivity index (χ4n) is 4.26. The molecule has 0 fully saturated rings. The number of carbonyl (C=O) groups is 4. The van der Waals surface area contributed by atoms with E-state index in [0.717, 1.165) is 5.56 Å². The third-order valence-corrected chi connectivity index (χ3v) is 6.65. The van der Waals surface area contributed by atoms with Crippen molar-refractivity contribution < 1.29 is 28.7 Å². The fraction of sp³-hybridized carbons (Fsp3) is 0.219. The van der Waals surface area contributed by atoms with Gasteiger partial charge in [0.25, 0.3) is 0 Å². The number of hydrogen-bond acceptors (Lipinski definition) is 9. The first-order valence-corrected chi connectivity index (χ1v) is 14.4. The first-order chi connectivity index (χ1) is 21.8. The van der Waals surface area contributed by atoms with E-state index in [9.17, 15) is 19.2 Å². The van der Waals surface area contributed by atoms with Crippen LogP contribution in [0.4, 0.5) is 10.5 Å². The van der Waals surface area contributed by atoms with E-state index in [2.05, 4.69) is 26.2 Å². The number of tetrazole rings is 1. The van der Waals surface area contributed by atoms with Gasteiger partial charge < -0.3 is 14.8 Å². The first kappa shape index (κ1) is 32.6. The zero-order valence-electron chi connectivity index (χ0n) is 24.4. The zero-order chi connectivity index (χ0) is 32.0. The van der Waals surface area contributed by atoms with Gasteiger partial charge in [-0.05, 0) is 71.3 Å². The van der Waals surface area contributed by atoms with Gasteiger partial charge in [0.2, 0.25) is 5.91 Å². The molecule has 0 unspecified atom stereocenters. The zero-order valence-corrected chi connectivity index (χ0v) is 25.1. The summed E-state index contributed by atoms with van der Waals surface area (Å²) in [5.74, 6) is -1.11. The number of ketones is 1. The van der Waals surface area contributed by atoms with Gasteiger partial charge in [0.05, 0.1) is 24.8 Å². The van der Waals surface area contributed by atoms with Gasteiger partial charge in [-0.25, -0.2) is 4.79 Å². The Morgan fingerprint density at radius 1 is 0.978 bits per heavy atom. The summed E-state index contributed by atoms with van der Waals surface area (Å²) in [5, 5.41) is 17.1. The molecule has 0 aliphatic carbocycles. The standard InChI is InChI=1S/C32H31ClN6O6/c1-2-44-31(42)16-17-45-32(43)35-26-12-8-23(9-13-26)19-29(40)27(18-22-6-4-3-5-7-22)36-30(41)15-10-24-20-25(33)11-14-28(24)39-21-34-37-38-39/h3-15,20-21,27H,2,16-19H2,1H3,(H,35,43)(H,36,41)/b15-10+/t27-/m0/s1. The second-order valence-electron chi connectivity index (χ2n) is 9.70. The lowest BCUT2D eigenvalue weighted by molar-refractivity contribution is -0.143. The number of halogens is 1. The lowest BCUT2D eigenvalue weighted by atomic mass is 9.97. The highest BCUT2D eigenvalue weighted by Crippen LogP contribution is 2.20. The molecule has 13 heteroatoms. The van der Waals surface area contributed by atoms with Crippen LogP contribution >= 0.6 is 11.6 Å². The van der Waals surface area contributed by atoms with Crippen LogP contribution in [-0.2, 0) is 36.7 Å². The maximum Gasteiger partial charge on any atom is 0.411 e. The topological polar surface area (TPSA) is 154 Å². The van der Waals surface area contributed by atoms with Crippen molar-refractivity contribution in [2.75, 3.05) is 18.5 Å². The number of anilines is 1. The van der Waals surface area contributed by atoms with E-state index >= 15 is 0 Å². The van der Waals surface area contributed by atoms with E-state index in [1.54, 1.807) is 55.5 Å². The first-order valence-electron chi connectivity index (χ1n) is 14.1. The Kier molecular flexibility index (Phi) is 11.9. The molecular formula is C32H31ClN6O6. The van der Waals surface area contributed by atoms with Crippen LogP contribution in [0.25, 0.3) is 11.8 Å². The molecule has 0 radical (unpaired) electrons. The molecule has 0 bridgehead atoms. The lowest BCUT2D eigenvalue weighted by Gasteiger charge is -2.17. The SMILES string of the molecule is CCOC(=O)CCOC(=O)Nc1ccc(CC(=O)[C@H](Cc2ccccc2)NC(=O)/C=C/c2cc(Cl)ccc2-n2cnnn2)cc1. The van der Waals surface area contributed by atoms with Crippen LogP contribution in [0.5, 0.6) is 0 Å². The Bertz CT molecular complexity index is 1630. The molecule has 1 heterocycles. The summed E-state index contributed by atoms with van der Waals surface area (Å²) in [5.41, 5.74) is 3.25. The molecule has 0 spiro atoms. The van der Waals surface area contributed by atoms with Gasteiger partial charge in [-0.3, -0.25) is 19.7 Å². The molecule has 4 rings (SSSR count). The predicted octanol–water partition coefficient (Wildman–Crippen LogP) is 4.37. The summed E-state index contributed by atoms with van der Waals surface area (Å²) in [4.78, 5) is 49.9. The highest BCUT2D eigenvalue weighted by Gasteiger charge is 2.21. The Morgan fingerprint density at radius 2 is 1.76 bits per heavy atom. The van der Waals surface area contributed by atoms with Crippen molar-refractivity contribution in [3.05, 3.63) is 107 Å². The highest BCUT2D eigenvalue weighted by atomic mass is 35.5. The van der Waals surface area contributed by atoms with E-state index in [0.29, 0.717) is 33.9 Å². The molecule has 0 saturated carbocycles. The summed E-state index contributed by atoms with van der Waals surface area (Å²) in [6, 6.07) is 20.3. The highest BCUT2D eigenvalue weighted by molar-refractivity contribution is 6.30. The van der Waals surface area contributed by atoms with Crippen LogP contribution in [-0.4, -0.2) is 63.2 Å². The number of nitrogens with zero attached hydrogens (tertiary/aromatic N) is 4. The summed E-state index contributed by atoms with van der Waals surface area (Å²) in [7, 11) is 0. The van der Waals surface area contributed by atoms with Crippen molar-refractivity contribution in [3.63, 3.8) is 0 Å². The van der Waals surface area contributed by atoms with Crippen LogP contribution in [0.3, 0.4) is 0 Å². The molecule has 1 aromatic heterocycles. The van der Waals surface area contributed by atoms with Gasteiger partial charge in [0.1, 0.15) is 12.9 Å². The maximum atomic E-state index is 13.5. The Morgan fingerprint density at radius 3 is 2.47 bits per heavy atom. The van der Waals surface area contributed by atoms with Crippen LogP contribution < -0.4 is 10.6 Å². The van der Waals surface area contributed by atoms with Crippen LogP contribution in [0.2, 0.25) is 5.02 Å². The predicted molar refractivity (Wildman–Crippen MR) is 167 cm³/mol. The number of ether oxygens (including phenoxy) is 2. The summed E-state index contributed by atoms with van der Waals surface area (Å²) in [6.45, 7) is 1.84. The number of Topliss-reactive ketones (excluding diaryl/α,β-unsaturated/α-hetero) is 1. The van der Waals surface area contributed by atoms with E-state index < -0.39 is 24.0 Å². The van der Waals surface area contributed by atoms with E-state index in [1.165, 1.54) is 17.1 Å². The van der Waals surface area contributed by atoms with Gasteiger partial charge in [-0.1, -0.05) is 54.1 Å². The molecule has 232 valence electrons. The minimum Gasteiger partial charge on any atom is -0.466 e. The molecule has 2 N–H and O–H groups in total. The minimum absolute atomic E-state index is 0.0405. The van der Waals surface area contributed by atoms with Crippen LogP contribution in [0.1, 0.15) is 30.0 Å². The molecule has 3 aromatic carbocycles. The summed E-state index contributed by atoms with van der Waals surface area (Å²) >= 11 is 6.18. The lowest BCUT2D eigenvalue weighted by Crippen LogP contribution is -2.42. The molecular weight excluding hydrogens is 600 g/mol. The Hall–Kier alpha value is -5.36. The smallest absolute Gasteiger partial charge is 0.411 e. The summed E-state index contributed by atoms with van der Waals surface area (Å²) < 4.78 is 11.2. The molecule has 0 aliphatic rings. The van der Waals surface area contributed by atoms with Gasteiger partial charge in [-0.2, -0.15) is 4.68 Å². The molecule has 12 nitrogen and oxygen atoms in total. The van der Waals surface area contributed by atoms with Crippen LogP contribution in [0.15, 0.2) is 85.2 Å². The number of nitrogens with one attached hydrogen (secondary N) is 2. The number of rotatable bonds is 14. The van der Waals surface area contributed by atoms with E-state index in [1.807, 2.05) is 30.3 Å². The van der Waals surface area contributed by atoms with Gasteiger partial charge in [-0.15, -0.1) is 5.10 Å². The van der Waals surface area contributed by atoms with Crippen molar-refractivity contribution in [1.29, 1.82) is 0 Å². The largest absolute Gasteiger partial charge is 0.466 e. The van der Waals surface area contributed by atoms with Crippen molar-refractivity contribution in [2.24, 2.45) is 0 Å².